The van der Waals surface area contributed by atoms with Gasteiger partial charge in [0.1, 0.15) is 5.58 Å². The van der Waals surface area contributed by atoms with E-state index in [1.165, 1.54) is 16.5 Å². The van der Waals surface area contributed by atoms with Crippen LogP contribution in [0.4, 0.5) is 0 Å². The third kappa shape index (κ3) is 2.17. The molecule has 0 amide bonds. The molecule has 0 spiro atoms. The van der Waals surface area contributed by atoms with Crippen LogP contribution in [0, 0.1) is 0 Å². The molecule has 0 aliphatic carbocycles. The Morgan fingerprint density at radius 1 is 1.38 bits per heavy atom. The van der Waals surface area contributed by atoms with Gasteiger partial charge in [0.15, 0.2) is 0 Å². The van der Waals surface area contributed by atoms with Crippen LogP contribution in [-0.4, -0.2) is 13.6 Å². The summed E-state index contributed by atoms with van der Waals surface area (Å²) in [7, 11) is 1.97. The van der Waals surface area contributed by atoms with E-state index in [0.717, 1.165) is 18.5 Å². The van der Waals surface area contributed by atoms with Crippen molar-refractivity contribution in [2.45, 2.75) is 13.3 Å². The minimum atomic E-state index is 0.927. The quantitative estimate of drug-likeness (QED) is 0.845. The third-order valence-electron chi connectivity index (χ3n) is 2.73. The van der Waals surface area contributed by atoms with Gasteiger partial charge in [0.25, 0.3) is 0 Å². The van der Waals surface area contributed by atoms with E-state index in [1.54, 1.807) is 0 Å². The van der Waals surface area contributed by atoms with Crippen LogP contribution < -0.4 is 5.32 Å². The summed E-state index contributed by atoms with van der Waals surface area (Å²) in [6, 6.07) is 8.13. The molecule has 0 aliphatic rings. The Morgan fingerprint density at radius 3 is 2.94 bits per heavy atom. The Hall–Kier alpha value is -1.54. The summed E-state index contributed by atoms with van der Waals surface area (Å²) in [6.45, 7) is 3.10. The van der Waals surface area contributed by atoms with Gasteiger partial charge in [-0.05, 0) is 19.5 Å². The van der Waals surface area contributed by atoms with Gasteiger partial charge in [-0.15, -0.1) is 0 Å². The summed E-state index contributed by atoms with van der Waals surface area (Å²) in [4.78, 5) is 0. The summed E-state index contributed by atoms with van der Waals surface area (Å²) in [5.41, 5.74) is 3.51. The molecule has 16 heavy (non-hydrogen) atoms. The number of nitrogens with one attached hydrogen (secondary N) is 1. The fourth-order valence-electron chi connectivity index (χ4n) is 1.84. The van der Waals surface area contributed by atoms with Crippen molar-refractivity contribution >= 4 is 17.0 Å². The average Bonchev–Trinajstić information content (AvgIpc) is 2.72. The fraction of sp³-hybridized carbons (Fsp3) is 0.286. The zero-order chi connectivity index (χ0) is 11.4. The van der Waals surface area contributed by atoms with Crippen molar-refractivity contribution in [3.05, 3.63) is 41.7 Å². The Bertz CT molecular complexity index is 496. The summed E-state index contributed by atoms with van der Waals surface area (Å²) in [5, 5.41) is 4.37. The largest absolute Gasteiger partial charge is 0.464 e. The van der Waals surface area contributed by atoms with Crippen molar-refractivity contribution < 1.29 is 4.42 Å². The standard InChI is InChI=1S/C14H17NO/c1-3-11(9-15-2)8-12-10-16-14-7-5-4-6-13(12)14/h4-8,10,15H,3,9H2,1-2H3/b11-8-. The van der Waals surface area contributed by atoms with Crippen molar-refractivity contribution in [2.24, 2.45) is 0 Å². The van der Waals surface area contributed by atoms with Crippen molar-refractivity contribution in [2.75, 3.05) is 13.6 Å². The molecule has 1 aromatic carbocycles. The Balaban J connectivity index is 2.39. The highest BCUT2D eigenvalue weighted by Crippen LogP contribution is 2.23. The second-order valence-electron chi connectivity index (χ2n) is 3.87. The average molecular weight is 215 g/mol. The molecule has 1 N–H and O–H groups in total. The Kier molecular flexibility index (Phi) is 3.42. The number of benzene rings is 1. The lowest BCUT2D eigenvalue weighted by atomic mass is 10.1. The first-order valence-corrected chi connectivity index (χ1v) is 5.65. The zero-order valence-corrected chi connectivity index (χ0v) is 9.79. The van der Waals surface area contributed by atoms with Gasteiger partial charge in [0.2, 0.25) is 0 Å². The number of fused-ring (bicyclic) bond motifs is 1. The number of furan rings is 1. The molecule has 0 saturated carbocycles. The van der Waals surface area contributed by atoms with Crippen molar-refractivity contribution in [1.82, 2.24) is 5.32 Å². The number of likely N-dealkylation sites (N-methyl/N-ethyl adjacent to an activating group) is 1. The van der Waals surface area contributed by atoms with E-state index in [0.29, 0.717) is 0 Å². The van der Waals surface area contributed by atoms with Crippen LogP contribution in [0.3, 0.4) is 0 Å². The van der Waals surface area contributed by atoms with Crippen LogP contribution in [0.2, 0.25) is 0 Å². The Labute approximate surface area is 96.0 Å². The maximum Gasteiger partial charge on any atom is 0.134 e. The van der Waals surface area contributed by atoms with Gasteiger partial charge < -0.3 is 9.73 Å². The van der Waals surface area contributed by atoms with Gasteiger partial charge in [-0.1, -0.05) is 36.8 Å². The van der Waals surface area contributed by atoms with Crippen molar-refractivity contribution in [1.29, 1.82) is 0 Å². The predicted octanol–water partition coefficient (Wildman–Crippen LogP) is 3.45. The first-order chi connectivity index (χ1) is 7.85. The second kappa shape index (κ2) is 4.99. The molecule has 0 saturated heterocycles. The fourth-order valence-corrected chi connectivity index (χ4v) is 1.84. The van der Waals surface area contributed by atoms with Crippen LogP contribution in [0.15, 0.2) is 40.5 Å². The topological polar surface area (TPSA) is 25.2 Å². The normalized spacial score (nSPS) is 12.2. The van der Waals surface area contributed by atoms with Crippen LogP contribution in [0.1, 0.15) is 18.9 Å². The smallest absolute Gasteiger partial charge is 0.134 e. The van der Waals surface area contributed by atoms with Gasteiger partial charge in [-0.2, -0.15) is 0 Å². The molecular weight excluding hydrogens is 198 g/mol. The van der Waals surface area contributed by atoms with E-state index in [4.69, 9.17) is 4.42 Å². The van der Waals surface area contributed by atoms with E-state index in [2.05, 4.69) is 24.4 Å². The zero-order valence-electron chi connectivity index (χ0n) is 9.79. The van der Waals surface area contributed by atoms with Crippen LogP contribution in [0.5, 0.6) is 0 Å². The lowest BCUT2D eigenvalue weighted by Crippen LogP contribution is -2.09. The highest BCUT2D eigenvalue weighted by Gasteiger charge is 2.03. The molecule has 2 nitrogen and oxygen atoms in total. The summed E-state index contributed by atoms with van der Waals surface area (Å²) < 4.78 is 5.51. The molecular formula is C14H17NO. The molecule has 1 aromatic heterocycles. The number of hydrogen-bond acceptors (Lipinski definition) is 2. The minimum absolute atomic E-state index is 0.927. The first kappa shape index (κ1) is 11.0. The molecule has 0 atom stereocenters. The molecule has 84 valence electrons. The van der Waals surface area contributed by atoms with Crippen molar-refractivity contribution in [3.8, 4) is 0 Å². The number of hydrogen-bond donors (Lipinski definition) is 1. The van der Waals surface area contributed by atoms with Gasteiger partial charge in [0.05, 0.1) is 6.26 Å². The van der Waals surface area contributed by atoms with Crippen molar-refractivity contribution in [3.63, 3.8) is 0 Å². The highest BCUT2D eigenvalue weighted by molar-refractivity contribution is 5.87. The van der Waals surface area contributed by atoms with Crippen LogP contribution in [0.25, 0.3) is 17.0 Å². The summed E-state index contributed by atoms with van der Waals surface area (Å²) in [5.74, 6) is 0. The van der Waals surface area contributed by atoms with E-state index in [1.807, 2.05) is 31.5 Å². The van der Waals surface area contributed by atoms with Gasteiger partial charge in [-0.3, -0.25) is 0 Å². The number of para-hydroxylation sites is 1. The van der Waals surface area contributed by atoms with Gasteiger partial charge >= 0.3 is 0 Å². The van der Waals surface area contributed by atoms with Gasteiger partial charge in [0, 0.05) is 17.5 Å². The molecule has 2 aromatic rings. The molecule has 0 radical (unpaired) electrons. The Morgan fingerprint density at radius 2 is 2.19 bits per heavy atom. The second-order valence-corrected chi connectivity index (χ2v) is 3.87. The third-order valence-corrected chi connectivity index (χ3v) is 2.73. The molecule has 1 heterocycles. The number of rotatable bonds is 4. The summed E-state index contributed by atoms with van der Waals surface area (Å²) >= 11 is 0. The molecule has 2 heteroatoms. The SMILES string of the molecule is CC/C(=C/c1coc2ccccc12)CNC. The maximum absolute atomic E-state index is 5.51. The van der Waals surface area contributed by atoms with E-state index in [9.17, 15) is 0 Å². The summed E-state index contributed by atoms with van der Waals surface area (Å²) in [6.07, 6.45) is 5.10. The highest BCUT2D eigenvalue weighted by atomic mass is 16.3. The lowest BCUT2D eigenvalue weighted by molar-refractivity contribution is 0.615. The lowest BCUT2D eigenvalue weighted by Gasteiger charge is -2.02. The molecule has 0 aliphatic heterocycles. The van der Waals surface area contributed by atoms with Gasteiger partial charge in [-0.25, -0.2) is 0 Å². The minimum Gasteiger partial charge on any atom is -0.464 e. The molecule has 0 unspecified atom stereocenters. The van der Waals surface area contributed by atoms with E-state index >= 15 is 0 Å². The molecule has 0 bridgehead atoms. The molecule has 2 rings (SSSR count). The predicted molar refractivity (Wildman–Crippen MR) is 68.4 cm³/mol. The first-order valence-electron chi connectivity index (χ1n) is 5.65. The van der Waals surface area contributed by atoms with Crippen LogP contribution in [-0.2, 0) is 0 Å². The maximum atomic E-state index is 5.51. The van der Waals surface area contributed by atoms with E-state index in [-0.39, 0.29) is 0 Å². The molecule has 0 fully saturated rings. The van der Waals surface area contributed by atoms with E-state index < -0.39 is 0 Å². The van der Waals surface area contributed by atoms with Crippen LogP contribution >= 0.6 is 0 Å². The monoisotopic (exact) mass is 215 g/mol.